The summed E-state index contributed by atoms with van der Waals surface area (Å²) in [4.78, 5) is 17.2. The Morgan fingerprint density at radius 2 is 2.41 bits per heavy atom. The van der Waals surface area contributed by atoms with E-state index in [1.807, 2.05) is 24.8 Å². The minimum atomic E-state index is -0.744. The Kier molecular flexibility index (Phi) is 3.23. The minimum absolute atomic E-state index is 0.147. The molecule has 2 rings (SSSR count). The van der Waals surface area contributed by atoms with Gasteiger partial charge in [-0.05, 0) is 27.6 Å². The zero-order chi connectivity index (χ0) is 12.6. The molecule has 0 radical (unpaired) electrons. The van der Waals surface area contributed by atoms with E-state index in [0.717, 1.165) is 16.6 Å². The number of aromatic nitrogens is 1. The van der Waals surface area contributed by atoms with E-state index >= 15 is 0 Å². The van der Waals surface area contributed by atoms with Crippen molar-refractivity contribution in [2.45, 2.75) is 26.4 Å². The summed E-state index contributed by atoms with van der Waals surface area (Å²) < 4.78 is 0.925. The first-order chi connectivity index (χ1) is 7.92. The van der Waals surface area contributed by atoms with Gasteiger partial charge in [0.15, 0.2) is 0 Å². The van der Waals surface area contributed by atoms with Gasteiger partial charge in [0.2, 0.25) is 0 Å². The highest BCUT2D eigenvalue weighted by atomic mass is 79.9. The monoisotopic (exact) mass is 298 g/mol. The molecule has 1 aromatic heterocycles. The lowest BCUT2D eigenvalue weighted by atomic mass is 9.74. The number of hydrogen-bond acceptors (Lipinski definition) is 3. The fourth-order valence-electron chi connectivity index (χ4n) is 2.47. The number of carboxylic acid groups (broad SMARTS) is 1. The van der Waals surface area contributed by atoms with E-state index in [0.29, 0.717) is 6.54 Å². The standard InChI is InChI=1S/C12H15BrN2O2/c1-12(2)7-15(10(12)11(16)17)6-8-3-4-14-5-9(8)13/h3-5,10H,6-7H2,1-2H3,(H,16,17). The van der Waals surface area contributed by atoms with Crippen LogP contribution in [0, 0.1) is 5.41 Å². The fourth-order valence-corrected chi connectivity index (χ4v) is 2.85. The molecule has 0 amide bonds. The van der Waals surface area contributed by atoms with E-state index in [-0.39, 0.29) is 5.41 Å². The topological polar surface area (TPSA) is 53.4 Å². The molecule has 0 saturated carbocycles. The van der Waals surface area contributed by atoms with Gasteiger partial charge in [0, 0.05) is 35.4 Å². The second kappa shape index (κ2) is 4.38. The number of rotatable bonds is 3. The first kappa shape index (κ1) is 12.5. The summed E-state index contributed by atoms with van der Waals surface area (Å²) in [6.07, 6.45) is 3.46. The molecule has 0 aliphatic carbocycles. The number of carbonyl (C=O) groups is 1. The van der Waals surface area contributed by atoms with Gasteiger partial charge in [0.05, 0.1) is 0 Å². The summed E-state index contributed by atoms with van der Waals surface area (Å²) in [5.41, 5.74) is 0.924. The van der Waals surface area contributed by atoms with E-state index in [4.69, 9.17) is 0 Å². The zero-order valence-electron chi connectivity index (χ0n) is 9.85. The molecule has 1 atom stereocenters. The molecule has 17 heavy (non-hydrogen) atoms. The normalized spacial score (nSPS) is 23.1. The summed E-state index contributed by atoms with van der Waals surface area (Å²) in [5.74, 6) is -0.744. The average Bonchev–Trinajstić information content (AvgIpc) is 2.18. The van der Waals surface area contributed by atoms with Crippen LogP contribution < -0.4 is 0 Å². The third-order valence-corrected chi connectivity index (χ3v) is 3.89. The molecule has 1 N–H and O–H groups in total. The number of carboxylic acids is 1. The Balaban J connectivity index is 2.12. The second-order valence-electron chi connectivity index (χ2n) is 5.10. The summed E-state index contributed by atoms with van der Waals surface area (Å²) in [5, 5.41) is 9.22. The van der Waals surface area contributed by atoms with Crippen molar-refractivity contribution in [1.82, 2.24) is 9.88 Å². The van der Waals surface area contributed by atoms with Crippen LogP contribution in [0.5, 0.6) is 0 Å². The Morgan fingerprint density at radius 1 is 1.71 bits per heavy atom. The van der Waals surface area contributed by atoms with Gasteiger partial charge < -0.3 is 5.11 Å². The molecule has 0 spiro atoms. The molecule has 1 aliphatic rings. The van der Waals surface area contributed by atoms with Crippen molar-refractivity contribution in [2.24, 2.45) is 5.41 Å². The minimum Gasteiger partial charge on any atom is -0.480 e. The maximum atomic E-state index is 11.2. The van der Waals surface area contributed by atoms with Gasteiger partial charge >= 0.3 is 5.97 Å². The number of likely N-dealkylation sites (tertiary alicyclic amines) is 1. The lowest BCUT2D eigenvalue weighted by molar-refractivity contribution is -0.162. The molecule has 0 bridgehead atoms. The van der Waals surface area contributed by atoms with E-state index in [1.165, 1.54) is 0 Å². The van der Waals surface area contributed by atoms with E-state index in [1.54, 1.807) is 12.4 Å². The van der Waals surface area contributed by atoms with Gasteiger partial charge in [-0.2, -0.15) is 0 Å². The van der Waals surface area contributed by atoms with Crippen LogP contribution in [-0.2, 0) is 11.3 Å². The highest BCUT2D eigenvalue weighted by Crippen LogP contribution is 2.38. The van der Waals surface area contributed by atoms with Crippen molar-refractivity contribution in [1.29, 1.82) is 0 Å². The highest BCUT2D eigenvalue weighted by molar-refractivity contribution is 9.10. The molecule has 1 saturated heterocycles. The quantitative estimate of drug-likeness (QED) is 0.929. The van der Waals surface area contributed by atoms with Crippen LogP contribution in [-0.4, -0.2) is 33.5 Å². The summed E-state index contributed by atoms with van der Waals surface area (Å²) in [6.45, 7) is 5.43. The molecule has 0 aromatic carbocycles. The molecule has 5 heteroatoms. The number of aliphatic carboxylic acids is 1. The number of halogens is 1. The van der Waals surface area contributed by atoms with Crippen LogP contribution in [0.2, 0.25) is 0 Å². The van der Waals surface area contributed by atoms with Gasteiger partial charge in [-0.25, -0.2) is 0 Å². The first-order valence-corrected chi connectivity index (χ1v) is 6.26. The summed E-state index contributed by atoms with van der Waals surface area (Å²) in [6, 6.07) is 1.51. The van der Waals surface area contributed by atoms with Crippen LogP contribution in [0.1, 0.15) is 19.4 Å². The third kappa shape index (κ3) is 2.35. The molecule has 1 fully saturated rings. The maximum absolute atomic E-state index is 11.2. The molecule has 4 nitrogen and oxygen atoms in total. The van der Waals surface area contributed by atoms with Crippen molar-refractivity contribution >= 4 is 21.9 Å². The van der Waals surface area contributed by atoms with Gasteiger partial charge in [0.1, 0.15) is 6.04 Å². The predicted molar refractivity (Wildman–Crippen MR) is 67.6 cm³/mol. The lowest BCUT2D eigenvalue weighted by Gasteiger charge is -2.51. The van der Waals surface area contributed by atoms with Crippen LogP contribution in [0.15, 0.2) is 22.9 Å². The lowest BCUT2D eigenvalue weighted by Crippen LogP contribution is -2.64. The van der Waals surface area contributed by atoms with Crippen molar-refractivity contribution < 1.29 is 9.90 Å². The van der Waals surface area contributed by atoms with Gasteiger partial charge in [-0.1, -0.05) is 13.8 Å². The average molecular weight is 299 g/mol. The van der Waals surface area contributed by atoms with Crippen LogP contribution >= 0.6 is 15.9 Å². The van der Waals surface area contributed by atoms with Gasteiger partial charge in [-0.3, -0.25) is 14.7 Å². The van der Waals surface area contributed by atoms with Crippen LogP contribution in [0.4, 0.5) is 0 Å². The first-order valence-electron chi connectivity index (χ1n) is 5.47. The van der Waals surface area contributed by atoms with E-state index in [9.17, 15) is 9.90 Å². The molecule has 2 heterocycles. The molecule has 1 unspecified atom stereocenters. The number of hydrogen-bond donors (Lipinski definition) is 1. The van der Waals surface area contributed by atoms with Crippen LogP contribution in [0.3, 0.4) is 0 Å². The number of nitrogens with zero attached hydrogens (tertiary/aromatic N) is 2. The van der Waals surface area contributed by atoms with Crippen molar-refractivity contribution in [3.05, 3.63) is 28.5 Å². The SMILES string of the molecule is CC1(C)CN(Cc2ccncc2Br)C1C(=O)O. The highest BCUT2D eigenvalue weighted by Gasteiger charge is 2.50. The second-order valence-corrected chi connectivity index (χ2v) is 5.96. The maximum Gasteiger partial charge on any atom is 0.321 e. The van der Waals surface area contributed by atoms with Crippen molar-refractivity contribution in [3.8, 4) is 0 Å². The Bertz CT molecular complexity index is 448. The van der Waals surface area contributed by atoms with Crippen molar-refractivity contribution in [2.75, 3.05) is 6.54 Å². The zero-order valence-corrected chi connectivity index (χ0v) is 11.4. The number of pyridine rings is 1. The van der Waals surface area contributed by atoms with Crippen LogP contribution in [0.25, 0.3) is 0 Å². The molecular formula is C12H15BrN2O2. The Hall–Kier alpha value is -0.940. The molecule has 1 aliphatic heterocycles. The summed E-state index contributed by atoms with van der Waals surface area (Å²) in [7, 11) is 0. The van der Waals surface area contributed by atoms with E-state index < -0.39 is 12.0 Å². The molecule has 92 valence electrons. The predicted octanol–water partition coefficient (Wildman–Crippen LogP) is 2.14. The van der Waals surface area contributed by atoms with Gasteiger partial charge in [0.25, 0.3) is 0 Å². The Morgan fingerprint density at radius 3 is 2.94 bits per heavy atom. The molecular weight excluding hydrogens is 284 g/mol. The van der Waals surface area contributed by atoms with Gasteiger partial charge in [-0.15, -0.1) is 0 Å². The largest absolute Gasteiger partial charge is 0.480 e. The van der Waals surface area contributed by atoms with Crippen molar-refractivity contribution in [3.63, 3.8) is 0 Å². The Labute approximate surface area is 109 Å². The fraction of sp³-hybridized carbons (Fsp3) is 0.500. The molecule has 1 aromatic rings. The van der Waals surface area contributed by atoms with E-state index in [2.05, 4.69) is 20.9 Å². The smallest absolute Gasteiger partial charge is 0.321 e. The summed E-state index contributed by atoms with van der Waals surface area (Å²) >= 11 is 3.43. The third-order valence-electron chi connectivity index (χ3n) is 3.18.